The summed E-state index contributed by atoms with van der Waals surface area (Å²) in [5.74, 6) is 0.142. The number of likely N-dealkylation sites (tertiary alicyclic amines) is 1. The SMILES string of the molecule is C=C1CC[C@@]2(O)[C@H]3Cc4ccc(C(N)=O)c(O)c4[C@@]2(CC[N+]3(C)CC2CC2)C1.[Y]. The fraction of sp³-hybridized carbons (Fsp3) is 0.609. The monoisotopic (exact) mass is 472 g/mol. The molecule has 0 spiro atoms. The van der Waals surface area contributed by atoms with E-state index in [2.05, 4.69) is 13.6 Å². The Morgan fingerprint density at radius 1 is 1.34 bits per heavy atom. The van der Waals surface area contributed by atoms with E-state index in [4.69, 9.17) is 5.73 Å². The van der Waals surface area contributed by atoms with Crippen LogP contribution in [0.4, 0.5) is 0 Å². The minimum atomic E-state index is -0.892. The van der Waals surface area contributed by atoms with Crippen molar-refractivity contribution in [2.45, 2.75) is 62.0 Å². The van der Waals surface area contributed by atoms with Gasteiger partial charge in [0.15, 0.2) is 0 Å². The second-order valence-electron chi connectivity index (χ2n) is 10.1. The molecule has 1 aliphatic heterocycles. The molecule has 3 fully saturated rings. The summed E-state index contributed by atoms with van der Waals surface area (Å²) in [4.78, 5) is 11.9. The molecule has 1 unspecified atom stereocenters. The number of quaternary nitrogens is 1. The first-order valence-electron chi connectivity index (χ1n) is 10.6. The number of primary amides is 1. The van der Waals surface area contributed by atoms with Crippen LogP contribution in [-0.4, -0.2) is 52.4 Å². The summed E-state index contributed by atoms with van der Waals surface area (Å²) in [6.45, 7) is 6.36. The Hall–Kier alpha value is -0.746. The molecule has 6 heteroatoms. The van der Waals surface area contributed by atoms with Crippen molar-refractivity contribution in [2.24, 2.45) is 11.7 Å². The fourth-order valence-electron chi connectivity index (χ4n) is 6.85. The Balaban J connectivity index is 0.00000205. The van der Waals surface area contributed by atoms with E-state index in [-0.39, 0.29) is 50.1 Å². The van der Waals surface area contributed by atoms with Crippen molar-refractivity contribution in [2.75, 3.05) is 20.1 Å². The van der Waals surface area contributed by atoms with Crippen LogP contribution in [0.5, 0.6) is 5.75 Å². The first-order chi connectivity index (χ1) is 13.2. The topological polar surface area (TPSA) is 83.5 Å². The van der Waals surface area contributed by atoms with Crippen LogP contribution in [0.1, 0.15) is 60.0 Å². The molecule has 4 atom stereocenters. The van der Waals surface area contributed by atoms with Gasteiger partial charge in [0, 0.05) is 62.4 Å². The Kier molecular flexibility index (Phi) is 5.10. The van der Waals surface area contributed by atoms with E-state index in [1.165, 1.54) is 12.8 Å². The molecule has 1 saturated heterocycles. The average Bonchev–Trinajstić information content (AvgIpc) is 3.43. The van der Waals surface area contributed by atoms with Gasteiger partial charge in [0.05, 0.1) is 25.7 Å². The minimum absolute atomic E-state index is 0. The maximum atomic E-state index is 12.3. The quantitative estimate of drug-likeness (QED) is 0.467. The van der Waals surface area contributed by atoms with Crippen LogP contribution in [0.25, 0.3) is 0 Å². The second kappa shape index (κ2) is 6.88. The van der Waals surface area contributed by atoms with Gasteiger partial charge in [-0.15, -0.1) is 0 Å². The number of hydrogen-bond acceptors (Lipinski definition) is 3. The van der Waals surface area contributed by atoms with Gasteiger partial charge in [-0.2, -0.15) is 0 Å². The molecule has 0 aromatic heterocycles. The number of carbonyl (C=O) groups excluding carboxylic acids is 1. The summed E-state index contributed by atoms with van der Waals surface area (Å²) in [7, 11) is 2.32. The maximum Gasteiger partial charge on any atom is 0.252 e. The van der Waals surface area contributed by atoms with Gasteiger partial charge in [-0.3, -0.25) is 4.79 Å². The standard InChI is InChI=1S/C23H30N2O3.Y/c1-14-7-8-23(28)18-11-16-5-6-17(21(24)27)20(26)19(16)22(23,12-14)9-10-25(18,2)13-15-3-4-15;/h5-6,15,18,28H,1,3-4,7-13H2,2H3,(H2-,24,26,27);/p+1/t18-,22-,23-,25?;/m1./s1. The average molecular weight is 472 g/mol. The largest absolute Gasteiger partial charge is 0.507 e. The molecule has 2 saturated carbocycles. The number of amides is 1. The summed E-state index contributed by atoms with van der Waals surface area (Å²) in [5.41, 5.74) is 7.17. The normalized spacial score (nSPS) is 37.9. The first kappa shape index (κ1) is 21.5. The molecule has 5 nitrogen and oxygen atoms in total. The second-order valence-corrected chi connectivity index (χ2v) is 10.1. The van der Waals surface area contributed by atoms with Crippen molar-refractivity contribution in [1.29, 1.82) is 0 Å². The summed E-state index contributed by atoms with van der Waals surface area (Å²) < 4.78 is 0.910. The van der Waals surface area contributed by atoms with Gasteiger partial charge >= 0.3 is 0 Å². The Morgan fingerprint density at radius 3 is 2.72 bits per heavy atom. The Labute approximate surface area is 197 Å². The molecule has 153 valence electrons. The number of fused-ring (bicyclic) bond motifs is 1. The Bertz CT molecular complexity index is 898. The third-order valence-electron chi connectivity index (χ3n) is 8.39. The first-order valence-corrected chi connectivity index (χ1v) is 10.6. The molecule has 4 aliphatic rings. The number of aliphatic hydroxyl groups is 1. The third-order valence-corrected chi connectivity index (χ3v) is 8.39. The number of nitrogens with two attached hydrogens (primary N) is 1. The Morgan fingerprint density at radius 2 is 2.07 bits per heavy atom. The van der Waals surface area contributed by atoms with Crippen LogP contribution in [-0.2, 0) is 44.5 Å². The predicted molar refractivity (Wildman–Crippen MR) is 107 cm³/mol. The number of hydrogen-bond donors (Lipinski definition) is 3. The molecule has 5 rings (SSSR count). The number of piperidine rings is 1. The van der Waals surface area contributed by atoms with Crippen LogP contribution in [0.15, 0.2) is 24.3 Å². The van der Waals surface area contributed by atoms with E-state index in [1.54, 1.807) is 6.07 Å². The third kappa shape index (κ3) is 2.91. The summed E-state index contributed by atoms with van der Waals surface area (Å²) in [6, 6.07) is 3.71. The van der Waals surface area contributed by atoms with Crippen molar-refractivity contribution < 1.29 is 52.2 Å². The molecule has 2 bridgehead atoms. The van der Waals surface area contributed by atoms with Gasteiger partial charge in [-0.25, -0.2) is 0 Å². The van der Waals surface area contributed by atoms with Gasteiger partial charge in [0.1, 0.15) is 17.4 Å². The minimum Gasteiger partial charge on any atom is -0.507 e. The van der Waals surface area contributed by atoms with Crippen molar-refractivity contribution in [3.05, 3.63) is 41.0 Å². The van der Waals surface area contributed by atoms with Crippen LogP contribution < -0.4 is 5.73 Å². The number of benzene rings is 1. The molecule has 29 heavy (non-hydrogen) atoms. The number of likely N-dealkylation sites (N-methyl/N-ethyl adjacent to an activating group) is 1. The van der Waals surface area contributed by atoms with Gasteiger partial charge in [0.2, 0.25) is 0 Å². The van der Waals surface area contributed by atoms with Gasteiger partial charge in [0.25, 0.3) is 5.91 Å². The van der Waals surface area contributed by atoms with Crippen molar-refractivity contribution in [3.63, 3.8) is 0 Å². The number of carbonyl (C=O) groups is 1. The van der Waals surface area contributed by atoms with E-state index in [0.717, 1.165) is 59.5 Å². The van der Waals surface area contributed by atoms with Crippen molar-refractivity contribution >= 4 is 5.91 Å². The summed E-state index contributed by atoms with van der Waals surface area (Å²) in [5, 5.41) is 23.4. The molecule has 1 heterocycles. The van der Waals surface area contributed by atoms with Crippen molar-refractivity contribution in [3.8, 4) is 5.75 Å². The fourth-order valence-corrected chi connectivity index (χ4v) is 6.85. The molecule has 1 amide bonds. The van der Waals surface area contributed by atoms with E-state index < -0.39 is 16.9 Å². The number of nitrogens with zero attached hydrogens (tertiary/aromatic N) is 1. The maximum absolute atomic E-state index is 12.3. The predicted octanol–water partition coefficient (Wildman–Crippen LogP) is 2.38. The molecule has 1 aromatic rings. The number of aromatic hydroxyl groups is 1. The van der Waals surface area contributed by atoms with E-state index in [1.807, 2.05) is 6.07 Å². The molecule has 1 radical (unpaired) electrons. The van der Waals surface area contributed by atoms with E-state index >= 15 is 0 Å². The van der Waals surface area contributed by atoms with E-state index in [0.29, 0.717) is 12.8 Å². The molecular weight excluding hydrogens is 441 g/mol. The zero-order chi connectivity index (χ0) is 19.9. The molecular formula is C23H31N2O3Y+. The summed E-state index contributed by atoms with van der Waals surface area (Å²) >= 11 is 0. The van der Waals surface area contributed by atoms with Crippen LogP contribution in [0, 0.1) is 5.92 Å². The zero-order valence-electron chi connectivity index (χ0n) is 17.3. The van der Waals surface area contributed by atoms with E-state index in [9.17, 15) is 15.0 Å². The summed E-state index contributed by atoms with van der Waals surface area (Å²) in [6.07, 6.45) is 6.31. The van der Waals surface area contributed by atoms with Crippen LogP contribution >= 0.6 is 0 Å². The van der Waals surface area contributed by atoms with Crippen LogP contribution in [0.3, 0.4) is 0 Å². The smallest absolute Gasteiger partial charge is 0.252 e. The van der Waals surface area contributed by atoms with Crippen molar-refractivity contribution in [1.82, 2.24) is 0 Å². The number of phenols is 1. The zero-order valence-corrected chi connectivity index (χ0v) is 20.1. The number of allylic oxidation sites excluding steroid dienone is 1. The van der Waals surface area contributed by atoms with Gasteiger partial charge < -0.3 is 20.4 Å². The van der Waals surface area contributed by atoms with Gasteiger partial charge in [-0.05, 0) is 43.7 Å². The molecule has 3 aliphatic carbocycles. The van der Waals surface area contributed by atoms with Gasteiger partial charge in [-0.1, -0.05) is 18.2 Å². The van der Waals surface area contributed by atoms with Crippen LogP contribution in [0.2, 0.25) is 0 Å². The molecule has 4 N–H and O–H groups in total. The number of rotatable bonds is 3. The molecule has 1 aromatic carbocycles.